The summed E-state index contributed by atoms with van der Waals surface area (Å²) in [6.07, 6.45) is 0. The van der Waals surface area contributed by atoms with Crippen LogP contribution in [0.3, 0.4) is 0 Å². The Kier molecular flexibility index (Phi) is 3.74. The van der Waals surface area contributed by atoms with Gasteiger partial charge in [-0.25, -0.2) is 9.97 Å². The molecule has 0 aliphatic rings. The van der Waals surface area contributed by atoms with Gasteiger partial charge in [0.25, 0.3) is 0 Å². The zero-order valence-electron chi connectivity index (χ0n) is 11.5. The molecule has 2 aromatic rings. The topological polar surface area (TPSA) is 46.0 Å². The molecule has 0 bridgehead atoms. The largest absolute Gasteiger partial charge is 0.382 e. The summed E-state index contributed by atoms with van der Waals surface area (Å²) in [6.45, 7) is 7.34. The third-order valence-corrected chi connectivity index (χ3v) is 3.37. The summed E-state index contributed by atoms with van der Waals surface area (Å²) in [6, 6.07) is 8.01. The summed E-state index contributed by atoms with van der Waals surface area (Å²) in [5.41, 5.74) is 2.83. The molecule has 0 amide bonds. The van der Waals surface area contributed by atoms with Crippen LogP contribution in [0.4, 0.5) is 0 Å². The minimum absolute atomic E-state index is 0.446. The predicted molar refractivity (Wildman–Crippen MR) is 79.9 cm³/mol. The van der Waals surface area contributed by atoms with Gasteiger partial charge < -0.3 is 5.11 Å². The van der Waals surface area contributed by atoms with E-state index in [1.54, 1.807) is 13.8 Å². The van der Waals surface area contributed by atoms with Crippen LogP contribution < -0.4 is 0 Å². The van der Waals surface area contributed by atoms with E-state index in [2.05, 4.69) is 25.9 Å². The van der Waals surface area contributed by atoms with Crippen molar-refractivity contribution >= 4 is 15.9 Å². The number of nitrogens with zero attached hydrogens (tertiary/aromatic N) is 2. The second-order valence-electron chi connectivity index (χ2n) is 5.24. The highest BCUT2D eigenvalue weighted by Gasteiger charge is 2.21. The summed E-state index contributed by atoms with van der Waals surface area (Å²) < 4.78 is 1.01. The molecule has 19 heavy (non-hydrogen) atoms. The fourth-order valence-electron chi connectivity index (χ4n) is 1.85. The molecule has 100 valence electrons. The molecule has 0 unspecified atom stereocenters. The minimum Gasteiger partial charge on any atom is -0.382 e. The first kappa shape index (κ1) is 14.2. The average Bonchev–Trinajstić information content (AvgIpc) is 2.30. The molecular formula is C15H17BrN2O. The van der Waals surface area contributed by atoms with E-state index in [1.807, 2.05) is 38.1 Å². The Balaban J connectivity index is 2.63. The van der Waals surface area contributed by atoms with Crippen LogP contribution in [0.25, 0.3) is 11.3 Å². The van der Waals surface area contributed by atoms with E-state index in [4.69, 9.17) is 0 Å². The van der Waals surface area contributed by atoms with Gasteiger partial charge in [0.05, 0.1) is 5.69 Å². The second-order valence-corrected chi connectivity index (χ2v) is 6.15. The fourth-order valence-corrected chi connectivity index (χ4v) is 2.21. The monoisotopic (exact) mass is 320 g/mol. The van der Waals surface area contributed by atoms with E-state index in [1.165, 1.54) is 0 Å². The zero-order valence-corrected chi connectivity index (χ0v) is 13.1. The molecule has 2 rings (SSSR count). The molecule has 1 aromatic heterocycles. The number of halogens is 1. The number of hydrogen-bond acceptors (Lipinski definition) is 3. The van der Waals surface area contributed by atoms with Crippen LogP contribution in [-0.2, 0) is 5.60 Å². The van der Waals surface area contributed by atoms with Gasteiger partial charge in [-0.1, -0.05) is 22.0 Å². The van der Waals surface area contributed by atoms with E-state index >= 15 is 0 Å². The van der Waals surface area contributed by atoms with Crippen molar-refractivity contribution in [3.05, 3.63) is 45.8 Å². The first-order valence-corrected chi connectivity index (χ1v) is 6.92. The minimum atomic E-state index is -1.04. The van der Waals surface area contributed by atoms with Gasteiger partial charge in [0.2, 0.25) is 0 Å². The van der Waals surface area contributed by atoms with Crippen molar-refractivity contribution in [2.24, 2.45) is 0 Å². The SMILES string of the molecule is Cc1cc(-c2cc(Br)ccc2C)nc(C(C)(C)O)n1. The Hall–Kier alpha value is -1.26. The maximum atomic E-state index is 10.1. The van der Waals surface area contributed by atoms with E-state index in [9.17, 15) is 5.11 Å². The summed E-state index contributed by atoms with van der Waals surface area (Å²) in [5.74, 6) is 0.446. The molecule has 0 spiro atoms. The molecule has 3 nitrogen and oxygen atoms in total. The van der Waals surface area contributed by atoms with Gasteiger partial charge in [-0.15, -0.1) is 0 Å². The van der Waals surface area contributed by atoms with Crippen molar-refractivity contribution < 1.29 is 5.11 Å². The number of aromatic nitrogens is 2. The van der Waals surface area contributed by atoms with Gasteiger partial charge in [0, 0.05) is 15.7 Å². The summed E-state index contributed by atoms with van der Waals surface area (Å²) in [5, 5.41) is 10.1. The molecule has 4 heteroatoms. The van der Waals surface area contributed by atoms with Crippen molar-refractivity contribution in [3.8, 4) is 11.3 Å². The standard InChI is InChI=1S/C15H17BrN2O/c1-9-5-6-11(16)8-12(9)13-7-10(2)17-14(18-13)15(3,4)19/h5-8,19H,1-4H3. The van der Waals surface area contributed by atoms with Crippen LogP contribution in [-0.4, -0.2) is 15.1 Å². The quantitative estimate of drug-likeness (QED) is 0.916. The maximum absolute atomic E-state index is 10.1. The van der Waals surface area contributed by atoms with Crippen LogP contribution >= 0.6 is 15.9 Å². The molecule has 1 heterocycles. The molecule has 1 aromatic carbocycles. The highest BCUT2D eigenvalue weighted by atomic mass is 79.9. The number of aliphatic hydroxyl groups is 1. The summed E-state index contributed by atoms with van der Waals surface area (Å²) in [7, 11) is 0. The smallest absolute Gasteiger partial charge is 0.160 e. The zero-order chi connectivity index (χ0) is 14.2. The van der Waals surface area contributed by atoms with Crippen molar-refractivity contribution in [1.29, 1.82) is 0 Å². The highest BCUT2D eigenvalue weighted by Crippen LogP contribution is 2.27. The molecule has 0 fully saturated rings. The Morgan fingerprint density at radius 3 is 2.42 bits per heavy atom. The molecular weight excluding hydrogens is 304 g/mol. The molecule has 0 saturated carbocycles. The van der Waals surface area contributed by atoms with Crippen LogP contribution in [0.1, 0.15) is 30.9 Å². The lowest BCUT2D eigenvalue weighted by Gasteiger charge is -2.17. The molecule has 0 aliphatic heterocycles. The molecule has 0 saturated heterocycles. The Morgan fingerprint density at radius 1 is 1.11 bits per heavy atom. The van der Waals surface area contributed by atoms with Gasteiger partial charge >= 0.3 is 0 Å². The first-order valence-electron chi connectivity index (χ1n) is 6.12. The van der Waals surface area contributed by atoms with Crippen LogP contribution in [0, 0.1) is 13.8 Å². The third kappa shape index (κ3) is 3.19. The van der Waals surface area contributed by atoms with Crippen molar-refractivity contribution in [1.82, 2.24) is 9.97 Å². The van der Waals surface area contributed by atoms with Crippen molar-refractivity contribution in [3.63, 3.8) is 0 Å². The second kappa shape index (κ2) is 5.02. The Labute approximate surface area is 121 Å². The van der Waals surface area contributed by atoms with Gasteiger partial charge in [-0.3, -0.25) is 0 Å². The van der Waals surface area contributed by atoms with E-state index in [0.717, 1.165) is 27.0 Å². The molecule has 0 aliphatic carbocycles. The van der Waals surface area contributed by atoms with Gasteiger partial charge in [0.1, 0.15) is 5.60 Å². The van der Waals surface area contributed by atoms with Crippen LogP contribution in [0.15, 0.2) is 28.7 Å². The van der Waals surface area contributed by atoms with Crippen molar-refractivity contribution in [2.45, 2.75) is 33.3 Å². The lowest BCUT2D eigenvalue weighted by molar-refractivity contribution is 0.0686. The van der Waals surface area contributed by atoms with Gasteiger partial charge in [0.15, 0.2) is 5.82 Å². The van der Waals surface area contributed by atoms with E-state index in [-0.39, 0.29) is 0 Å². The van der Waals surface area contributed by atoms with Gasteiger partial charge in [-0.2, -0.15) is 0 Å². The van der Waals surface area contributed by atoms with Crippen molar-refractivity contribution in [2.75, 3.05) is 0 Å². The Morgan fingerprint density at radius 2 is 1.79 bits per heavy atom. The lowest BCUT2D eigenvalue weighted by Crippen LogP contribution is -2.20. The highest BCUT2D eigenvalue weighted by molar-refractivity contribution is 9.10. The van der Waals surface area contributed by atoms with E-state index < -0.39 is 5.60 Å². The molecule has 0 atom stereocenters. The van der Waals surface area contributed by atoms with E-state index in [0.29, 0.717) is 5.82 Å². The first-order chi connectivity index (χ1) is 8.77. The Bertz CT molecular complexity index is 618. The fraction of sp³-hybridized carbons (Fsp3) is 0.333. The van der Waals surface area contributed by atoms with Gasteiger partial charge in [-0.05, 0) is 51.5 Å². The normalized spacial score (nSPS) is 11.7. The number of hydrogen-bond donors (Lipinski definition) is 1. The summed E-state index contributed by atoms with van der Waals surface area (Å²) in [4.78, 5) is 8.80. The third-order valence-electron chi connectivity index (χ3n) is 2.88. The van der Waals surface area contributed by atoms with Crippen LogP contribution in [0.5, 0.6) is 0 Å². The maximum Gasteiger partial charge on any atom is 0.160 e. The number of rotatable bonds is 2. The molecule has 0 radical (unpaired) electrons. The number of aryl methyl sites for hydroxylation is 2. The molecule has 1 N–H and O–H groups in total. The van der Waals surface area contributed by atoms with Crippen LogP contribution in [0.2, 0.25) is 0 Å². The summed E-state index contributed by atoms with van der Waals surface area (Å²) >= 11 is 3.48. The number of benzene rings is 1. The average molecular weight is 321 g/mol. The lowest BCUT2D eigenvalue weighted by atomic mass is 10.0. The predicted octanol–water partition coefficient (Wildman–Crippen LogP) is 3.75.